The third kappa shape index (κ3) is 2.78. The van der Waals surface area contributed by atoms with Gasteiger partial charge in [-0.2, -0.15) is 0 Å². The van der Waals surface area contributed by atoms with Crippen LogP contribution in [0.4, 0.5) is 0 Å². The van der Waals surface area contributed by atoms with E-state index in [1.165, 1.54) is 17.5 Å². The standard InChI is InChI=1S/C9H14N2O2S/c1-6(4-12)7(2)11-9(13)8-3-10-5-14-8/h3,5-7,12H,4H2,1-2H3,(H,11,13). The molecule has 2 unspecified atom stereocenters. The molecule has 1 rings (SSSR count). The van der Waals surface area contributed by atoms with Crippen LogP contribution in [0.1, 0.15) is 23.5 Å². The van der Waals surface area contributed by atoms with Crippen LogP contribution in [-0.2, 0) is 0 Å². The van der Waals surface area contributed by atoms with Crippen LogP contribution in [0, 0.1) is 5.92 Å². The molecule has 2 atom stereocenters. The average molecular weight is 214 g/mol. The number of carbonyl (C=O) groups excluding carboxylic acids is 1. The van der Waals surface area contributed by atoms with Gasteiger partial charge in [0.15, 0.2) is 0 Å². The molecule has 0 aliphatic rings. The van der Waals surface area contributed by atoms with Crippen molar-refractivity contribution < 1.29 is 9.90 Å². The van der Waals surface area contributed by atoms with Crippen LogP contribution in [0.2, 0.25) is 0 Å². The van der Waals surface area contributed by atoms with Gasteiger partial charge in [-0.15, -0.1) is 11.3 Å². The van der Waals surface area contributed by atoms with E-state index in [9.17, 15) is 4.79 Å². The van der Waals surface area contributed by atoms with Crippen molar-refractivity contribution in [2.24, 2.45) is 5.92 Å². The van der Waals surface area contributed by atoms with E-state index < -0.39 is 0 Å². The summed E-state index contributed by atoms with van der Waals surface area (Å²) in [5.74, 6) is -0.0628. The van der Waals surface area contributed by atoms with E-state index in [4.69, 9.17) is 5.11 Å². The van der Waals surface area contributed by atoms with Crippen molar-refractivity contribution >= 4 is 17.2 Å². The fourth-order valence-electron chi connectivity index (χ4n) is 0.906. The van der Waals surface area contributed by atoms with Gasteiger partial charge in [-0.05, 0) is 12.8 Å². The zero-order valence-electron chi connectivity index (χ0n) is 8.23. The molecule has 4 nitrogen and oxygen atoms in total. The number of hydrogen-bond donors (Lipinski definition) is 2. The number of amides is 1. The van der Waals surface area contributed by atoms with Crippen LogP contribution < -0.4 is 5.32 Å². The highest BCUT2D eigenvalue weighted by atomic mass is 32.1. The molecule has 78 valence electrons. The number of nitrogens with zero attached hydrogens (tertiary/aromatic N) is 1. The fourth-order valence-corrected chi connectivity index (χ4v) is 1.43. The van der Waals surface area contributed by atoms with E-state index in [1.807, 2.05) is 13.8 Å². The zero-order chi connectivity index (χ0) is 10.6. The number of carbonyl (C=O) groups is 1. The highest BCUT2D eigenvalue weighted by Crippen LogP contribution is 2.07. The third-order valence-corrected chi connectivity index (χ3v) is 2.93. The van der Waals surface area contributed by atoms with E-state index in [1.54, 1.807) is 5.51 Å². The zero-order valence-corrected chi connectivity index (χ0v) is 9.04. The molecule has 0 saturated carbocycles. The van der Waals surface area contributed by atoms with Crippen LogP contribution in [0.25, 0.3) is 0 Å². The summed E-state index contributed by atoms with van der Waals surface area (Å²) in [6, 6.07) is -0.0328. The van der Waals surface area contributed by atoms with Gasteiger partial charge < -0.3 is 10.4 Å². The number of aromatic nitrogens is 1. The SMILES string of the molecule is CC(CO)C(C)NC(=O)c1cncs1. The van der Waals surface area contributed by atoms with Gasteiger partial charge in [0.25, 0.3) is 5.91 Å². The van der Waals surface area contributed by atoms with Gasteiger partial charge in [-0.25, -0.2) is 0 Å². The Labute approximate surface area is 87.0 Å². The topological polar surface area (TPSA) is 62.2 Å². The Balaban J connectivity index is 2.49. The van der Waals surface area contributed by atoms with Crippen LogP contribution in [0.3, 0.4) is 0 Å². The van der Waals surface area contributed by atoms with Gasteiger partial charge in [-0.1, -0.05) is 6.92 Å². The van der Waals surface area contributed by atoms with Gasteiger partial charge in [-0.3, -0.25) is 9.78 Å². The summed E-state index contributed by atoms with van der Waals surface area (Å²) >= 11 is 1.31. The predicted octanol–water partition coefficient (Wildman–Crippen LogP) is 0.890. The number of thiazole rings is 1. The van der Waals surface area contributed by atoms with E-state index in [0.717, 1.165) is 0 Å². The maximum atomic E-state index is 11.5. The molecular formula is C9H14N2O2S. The first kappa shape index (κ1) is 11.1. The summed E-state index contributed by atoms with van der Waals surface area (Å²) in [7, 11) is 0. The Morgan fingerprint density at radius 2 is 2.43 bits per heavy atom. The summed E-state index contributed by atoms with van der Waals surface area (Å²) in [5.41, 5.74) is 1.62. The lowest BCUT2D eigenvalue weighted by molar-refractivity contribution is 0.0920. The van der Waals surface area contributed by atoms with E-state index in [0.29, 0.717) is 4.88 Å². The van der Waals surface area contributed by atoms with E-state index in [-0.39, 0.29) is 24.5 Å². The smallest absolute Gasteiger partial charge is 0.263 e. The Morgan fingerprint density at radius 3 is 2.93 bits per heavy atom. The van der Waals surface area contributed by atoms with Crippen LogP contribution in [0.5, 0.6) is 0 Å². The highest BCUT2D eigenvalue weighted by molar-refractivity contribution is 7.11. The first-order valence-electron chi connectivity index (χ1n) is 4.45. The first-order chi connectivity index (χ1) is 6.65. The molecule has 0 radical (unpaired) electrons. The van der Waals surface area contributed by atoms with Gasteiger partial charge in [0.2, 0.25) is 0 Å². The van der Waals surface area contributed by atoms with Crippen LogP contribution in [0.15, 0.2) is 11.7 Å². The van der Waals surface area contributed by atoms with Crippen molar-refractivity contribution in [1.82, 2.24) is 10.3 Å². The first-order valence-corrected chi connectivity index (χ1v) is 5.33. The van der Waals surface area contributed by atoms with Gasteiger partial charge in [0.1, 0.15) is 4.88 Å². The summed E-state index contributed by atoms with van der Waals surface area (Å²) in [5, 5.41) is 11.7. The van der Waals surface area contributed by atoms with Gasteiger partial charge >= 0.3 is 0 Å². The Kier molecular flexibility index (Phi) is 4.03. The molecule has 1 aromatic heterocycles. The summed E-state index contributed by atoms with van der Waals surface area (Å²) in [4.78, 5) is 15.9. The van der Waals surface area contributed by atoms with E-state index in [2.05, 4.69) is 10.3 Å². The quantitative estimate of drug-likeness (QED) is 0.782. The lowest BCUT2D eigenvalue weighted by Gasteiger charge is -2.18. The molecule has 0 aromatic carbocycles. The summed E-state index contributed by atoms with van der Waals surface area (Å²) < 4.78 is 0. The monoisotopic (exact) mass is 214 g/mol. The molecule has 0 aliphatic carbocycles. The molecule has 0 aliphatic heterocycles. The number of aliphatic hydroxyl groups excluding tert-OH is 1. The third-order valence-electron chi connectivity index (χ3n) is 2.16. The molecule has 1 heterocycles. The molecule has 1 aromatic rings. The Hall–Kier alpha value is -0.940. The van der Waals surface area contributed by atoms with Crippen LogP contribution >= 0.6 is 11.3 Å². The highest BCUT2D eigenvalue weighted by Gasteiger charge is 2.15. The molecule has 0 spiro atoms. The number of aliphatic hydroxyl groups is 1. The average Bonchev–Trinajstić information content (AvgIpc) is 2.69. The molecule has 5 heteroatoms. The Morgan fingerprint density at radius 1 is 1.71 bits per heavy atom. The lowest BCUT2D eigenvalue weighted by atomic mass is 10.1. The van der Waals surface area contributed by atoms with Crippen molar-refractivity contribution in [2.75, 3.05) is 6.61 Å². The molecular weight excluding hydrogens is 200 g/mol. The minimum atomic E-state index is -0.125. The van der Waals surface area contributed by atoms with E-state index >= 15 is 0 Å². The minimum Gasteiger partial charge on any atom is -0.396 e. The minimum absolute atomic E-state index is 0.0328. The summed E-state index contributed by atoms with van der Waals surface area (Å²) in [6.45, 7) is 3.83. The predicted molar refractivity (Wildman–Crippen MR) is 55.3 cm³/mol. The second-order valence-corrected chi connectivity index (χ2v) is 4.17. The molecule has 1 amide bonds. The number of nitrogens with one attached hydrogen (secondary N) is 1. The Bertz CT molecular complexity index is 287. The number of hydrogen-bond acceptors (Lipinski definition) is 4. The molecule has 0 bridgehead atoms. The normalized spacial score (nSPS) is 14.8. The second kappa shape index (κ2) is 5.07. The fraction of sp³-hybridized carbons (Fsp3) is 0.556. The van der Waals surface area contributed by atoms with Crippen molar-refractivity contribution in [3.63, 3.8) is 0 Å². The van der Waals surface area contributed by atoms with Crippen molar-refractivity contribution in [1.29, 1.82) is 0 Å². The van der Waals surface area contributed by atoms with Crippen molar-refractivity contribution in [2.45, 2.75) is 19.9 Å². The molecule has 0 saturated heterocycles. The lowest BCUT2D eigenvalue weighted by Crippen LogP contribution is -2.38. The maximum Gasteiger partial charge on any atom is 0.263 e. The molecule has 0 fully saturated rings. The summed E-state index contributed by atoms with van der Waals surface area (Å²) in [6.07, 6.45) is 1.54. The molecule has 14 heavy (non-hydrogen) atoms. The largest absolute Gasteiger partial charge is 0.396 e. The number of rotatable bonds is 4. The maximum absolute atomic E-state index is 11.5. The van der Waals surface area contributed by atoms with Crippen molar-refractivity contribution in [3.05, 3.63) is 16.6 Å². The van der Waals surface area contributed by atoms with Gasteiger partial charge in [0, 0.05) is 12.6 Å². The second-order valence-electron chi connectivity index (χ2n) is 3.29. The van der Waals surface area contributed by atoms with Gasteiger partial charge in [0.05, 0.1) is 11.7 Å². The van der Waals surface area contributed by atoms with Crippen LogP contribution in [-0.4, -0.2) is 28.6 Å². The van der Waals surface area contributed by atoms with Crippen molar-refractivity contribution in [3.8, 4) is 0 Å². The molecule has 2 N–H and O–H groups in total.